The highest BCUT2D eigenvalue weighted by atomic mass is 35.5. The third-order valence-corrected chi connectivity index (χ3v) is 5.13. The summed E-state index contributed by atoms with van der Waals surface area (Å²) >= 11 is 7.76. The summed E-state index contributed by atoms with van der Waals surface area (Å²) in [5.41, 5.74) is 0.819. The summed E-state index contributed by atoms with van der Waals surface area (Å²) in [6.07, 6.45) is 0. The summed E-state index contributed by atoms with van der Waals surface area (Å²) < 4.78 is 5.29. The molecule has 0 saturated carbocycles. The van der Waals surface area contributed by atoms with E-state index in [0.717, 1.165) is 12.1 Å². The van der Waals surface area contributed by atoms with E-state index in [1.165, 1.54) is 4.88 Å². The van der Waals surface area contributed by atoms with E-state index < -0.39 is 0 Å². The number of thiophene rings is 1. The van der Waals surface area contributed by atoms with Crippen LogP contribution in [0.3, 0.4) is 0 Å². The van der Waals surface area contributed by atoms with Crippen molar-refractivity contribution in [2.75, 3.05) is 13.6 Å². The number of nitrogens with one attached hydrogen (secondary N) is 2. The predicted octanol–water partition coefficient (Wildman–Crippen LogP) is 3.92. The second-order valence-electron chi connectivity index (χ2n) is 5.75. The van der Waals surface area contributed by atoms with Gasteiger partial charge in [-0.3, -0.25) is 4.99 Å². The maximum absolute atomic E-state index is 6.00. The molecule has 8 heteroatoms. The van der Waals surface area contributed by atoms with Gasteiger partial charge >= 0.3 is 0 Å². The zero-order valence-electron chi connectivity index (χ0n) is 14.6. The number of hydrogen-bond acceptors (Lipinski definition) is 5. The lowest BCUT2D eigenvalue weighted by Gasteiger charge is -2.14. The first-order valence-corrected chi connectivity index (χ1v) is 9.48. The van der Waals surface area contributed by atoms with Crippen LogP contribution in [0.15, 0.2) is 51.3 Å². The first-order chi connectivity index (χ1) is 12.7. The summed E-state index contributed by atoms with van der Waals surface area (Å²) in [6, 6.07) is 11.6. The van der Waals surface area contributed by atoms with E-state index in [1.807, 2.05) is 12.1 Å². The first-order valence-electron chi connectivity index (χ1n) is 8.22. The Labute approximate surface area is 161 Å². The van der Waals surface area contributed by atoms with Crippen LogP contribution in [-0.4, -0.2) is 29.7 Å². The van der Waals surface area contributed by atoms with Crippen molar-refractivity contribution in [3.8, 4) is 11.4 Å². The fourth-order valence-electron chi connectivity index (χ4n) is 2.37. The molecule has 1 aromatic carbocycles. The Morgan fingerprint density at radius 1 is 1.31 bits per heavy atom. The van der Waals surface area contributed by atoms with Crippen LogP contribution in [0.2, 0.25) is 5.02 Å². The van der Waals surface area contributed by atoms with Gasteiger partial charge in [-0.25, -0.2) is 0 Å². The molecule has 0 aliphatic carbocycles. The van der Waals surface area contributed by atoms with Crippen LogP contribution < -0.4 is 10.6 Å². The molecule has 0 aliphatic heterocycles. The Hall–Kier alpha value is -2.38. The smallest absolute Gasteiger partial charge is 0.246 e. The molecule has 3 aromatic rings. The predicted molar refractivity (Wildman–Crippen MR) is 106 cm³/mol. The van der Waals surface area contributed by atoms with E-state index in [0.29, 0.717) is 35.2 Å². The molecule has 0 saturated heterocycles. The molecule has 1 unspecified atom stereocenters. The molecule has 2 heterocycles. The molecular formula is C18H20ClN5OS. The molecule has 0 radical (unpaired) electrons. The molecule has 0 fully saturated rings. The molecule has 3 rings (SSSR count). The lowest BCUT2D eigenvalue weighted by molar-refractivity contribution is 0.375. The molecule has 136 valence electrons. The molecule has 0 amide bonds. The number of aromatic nitrogens is 2. The second kappa shape index (κ2) is 8.82. The zero-order valence-corrected chi connectivity index (χ0v) is 16.1. The summed E-state index contributed by atoms with van der Waals surface area (Å²) in [4.78, 5) is 9.95. The minimum Gasteiger partial charge on any atom is -0.356 e. The SMILES string of the molecule is CN=C(NCc1nc(-c2cccc(Cl)c2)no1)NCC(C)c1cccs1. The highest BCUT2D eigenvalue weighted by Crippen LogP contribution is 2.20. The summed E-state index contributed by atoms with van der Waals surface area (Å²) in [5, 5.41) is 13.2. The number of nitrogens with zero attached hydrogens (tertiary/aromatic N) is 3. The largest absolute Gasteiger partial charge is 0.356 e. The molecule has 6 nitrogen and oxygen atoms in total. The highest BCUT2D eigenvalue weighted by molar-refractivity contribution is 7.10. The van der Waals surface area contributed by atoms with Gasteiger partial charge in [-0.1, -0.05) is 41.9 Å². The van der Waals surface area contributed by atoms with Crippen molar-refractivity contribution >= 4 is 28.9 Å². The van der Waals surface area contributed by atoms with E-state index in [9.17, 15) is 0 Å². The zero-order chi connectivity index (χ0) is 18.4. The Balaban J connectivity index is 1.53. The molecule has 26 heavy (non-hydrogen) atoms. The Morgan fingerprint density at radius 3 is 2.92 bits per heavy atom. The molecule has 0 spiro atoms. The van der Waals surface area contributed by atoms with Crippen molar-refractivity contribution in [1.29, 1.82) is 0 Å². The van der Waals surface area contributed by atoms with Crippen molar-refractivity contribution in [3.63, 3.8) is 0 Å². The maximum Gasteiger partial charge on any atom is 0.246 e. The average Bonchev–Trinajstić information content (AvgIpc) is 3.34. The van der Waals surface area contributed by atoms with Gasteiger partial charge in [0, 0.05) is 35.0 Å². The van der Waals surface area contributed by atoms with Crippen molar-refractivity contribution in [2.45, 2.75) is 19.4 Å². The van der Waals surface area contributed by atoms with Gasteiger partial charge < -0.3 is 15.2 Å². The lowest BCUT2D eigenvalue weighted by atomic mass is 10.1. The van der Waals surface area contributed by atoms with E-state index in [1.54, 1.807) is 30.5 Å². The first kappa shape index (κ1) is 18.4. The van der Waals surface area contributed by atoms with Crippen LogP contribution in [0.4, 0.5) is 0 Å². The van der Waals surface area contributed by atoms with Crippen LogP contribution in [0.1, 0.15) is 23.6 Å². The molecule has 2 N–H and O–H groups in total. The fourth-order valence-corrected chi connectivity index (χ4v) is 3.35. The average molecular weight is 390 g/mol. The minimum atomic E-state index is 0.390. The number of hydrogen-bond donors (Lipinski definition) is 2. The van der Waals surface area contributed by atoms with Crippen LogP contribution in [0.5, 0.6) is 0 Å². The van der Waals surface area contributed by atoms with Crippen molar-refractivity contribution in [3.05, 3.63) is 57.6 Å². The van der Waals surface area contributed by atoms with Crippen molar-refractivity contribution < 1.29 is 4.52 Å². The molecule has 0 aliphatic rings. The quantitative estimate of drug-likeness (QED) is 0.493. The number of aliphatic imine (C=N–C) groups is 1. The Morgan fingerprint density at radius 2 is 2.19 bits per heavy atom. The van der Waals surface area contributed by atoms with Crippen molar-refractivity contribution in [1.82, 2.24) is 20.8 Å². The Bertz CT molecular complexity index is 862. The third kappa shape index (κ3) is 4.83. The molecular weight excluding hydrogens is 370 g/mol. The minimum absolute atomic E-state index is 0.390. The van der Waals surface area contributed by atoms with Crippen molar-refractivity contribution in [2.24, 2.45) is 4.99 Å². The summed E-state index contributed by atoms with van der Waals surface area (Å²) in [7, 11) is 1.73. The summed E-state index contributed by atoms with van der Waals surface area (Å²) in [6.45, 7) is 3.36. The van der Waals surface area contributed by atoms with Crippen LogP contribution in [0, 0.1) is 0 Å². The third-order valence-electron chi connectivity index (χ3n) is 3.79. The normalized spacial score (nSPS) is 12.8. The second-order valence-corrected chi connectivity index (χ2v) is 7.16. The molecule has 2 aromatic heterocycles. The number of rotatable bonds is 6. The standard InChI is InChI=1S/C18H20ClN5OS/c1-12(15-7-4-8-26-15)10-21-18(20-2)22-11-16-23-17(24-25-16)13-5-3-6-14(19)9-13/h3-9,12H,10-11H2,1-2H3,(H2,20,21,22). The van der Waals surface area contributed by atoms with E-state index in [2.05, 4.69) is 50.2 Å². The van der Waals surface area contributed by atoms with Gasteiger partial charge in [0.05, 0.1) is 6.54 Å². The Kier molecular flexibility index (Phi) is 6.25. The maximum atomic E-state index is 6.00. The van der Waals surface area contributed by atoms with Gasteiger partial charge in [0.15, 0.2) is 5.96 Å². The van der Waals surface area contributed by atoms with Gasteiger partial charge in [0.1, 0.15) is 0 Å². The lowest BCUT2D eigenvalue weighted by Crippen LogP contribution is -2.38. The fraction of sp³-hybridized carbons (Fsp3) is 0.278. The van der Waals surface area contributed by atoms with Gasteiger partial charge in [-0.05, 0) is 23.6 Å². The number of benzene rings is 1. The highest BCUT2D eigenvalue weighted by Gasteiger charge is 2.11. The van der Waals surface area contributed by atoms with E-state index in [4.69, 9.17) is 16.1 Å². The number of halogens is 1. The molecule has 1 atom stereocenters. The van der Waals surface area contributed by atoms with Gasteiger partial charge in [-0.2, -0.15) is 4.98 Å². The van der Waals surface area contributed by atoms with Crippen LogP contribution >= 0.6 is 22.9 Å². The van der Waals surface area contributed by atoms with Gasteiger partial charge in [0.25, 0.3) is 0 Å². The van der Waals surface area contributed by atoms with E-state index >= 15 is 0 Å². The van der Waals surface area contributed by atoms with Gasteiger partial charge in [0.2, 0.25) is 11.7 Å². The van der Waals surface area contributed by atoms with Crippen LogP contribution in [0.25, 0.3) is 11.4 Å². The monoisotopic (exact) mass is 389 g/mol. The topological polar surface area (TPSA) is 75.3 Å². The van der Waals surface area contributed by atoms with Gasteiger partial charge in [-0.15, -0.1) is 11.3 Å². The van der Waals surface area contributed by atoms with E-state index in [-0.39, 0.29) is 0 Å². The van der Waals surface area contributed by atoms with Crippen LogP contribution in [-0.2, 0) is 6.54 Å². The summed E-state index contributed by atoms with van der Waals surface area (Å²) in [5.74, 6) is 2.09. The molecule has 0 bridgehead atoms. The number of guanidine groups is 1.